The molecule has 0 atom stereocenters. The van der Waals surface area contributed by atoms with Crippen LogP contribution in [0.4, 0.5) is 0 Å². The molecule has 0 aromatic heterocycles. The van der Waals surface area contributed by atoms with Crippen molar-refractivity contribution < 1.29 is 0 Å². The van der Waals surface area contributed by atoms with Gasteiger partial charge in [-0.1, -0.05) is 19.8 Å². The van der Waals surface area contributed by atoms with Gasteiger partial charge < -0.3 is 10.2 Å². The molecule has 0 heterocycles. The molecular weight excluding hydrogens is 210 g/mol. The maximum Gasteiger partial charge on any atom is 0.106 e. The van der Waals surface area contributed by atoms with Gasteiger partial charge in [-0.15, -0.1) is 0 Å². The average molecular weight is 237 g/mol. The van der Waals surface area contributed by atoms with Crippen LogP contribution in [0.2, 0.25) is 0 Å². The maximum atomic E-state index is 9.21. The Balaban J connectivity index is 2.33. The van der Waals surface area contributed by atoms with Crippen molar-refractivity contribution in [2.45, 2.75) is 63.5 Å². The molecule has 0 bridgehead atoms. The summed E-state index contributed by atoms with van der Waals surface area (Å²) in [5.74, 6) is 0. The first-order valence-corrected chi connectivity index (χ1v) is 6.98. The minimum atomic E-state index is -0.249. The molecule has 0 aromatic carbocycles. The lowest BCUT2D eigenvalue weighted by molar-refractivity contribution is 0.155. The molecule has 1 saturated carbocycles. The molecule has 1 aliphatic carbocycles. The van der Waals surface area contributed by atoms with Crippen molar-refractivity contribution in [3.05, 3.63) is 0 Å². The van der Waals surface area contributed by atoms with E-state index in [-0.39, 0.29) is 5.54 Å². The molecule has 0 unspecified atom stereocenters. The van der Waals surface area contributed by atoms with Crippen molar-refractivity contribution in [1.29, 1.82) is 5.26 Å². The van der Waals surface area contributed by atoms with Crippen LogP contribution in [0.5, 0.6) is 0 Å². The fraction of sp³-hybridized carbons (Fsp3) is 0.929. The number of hydrogen-bond donors (Lipinski definition) is 1. The van der Waals surface area contributed by atoms with Crippen molar-refractivity contribution >= 4 is 0 Å². The number of nitriles is 1. The molecule has 17 heavy (non-hydrogen) atoms. The molecule has 3 heteroatoms. The van der Waals surface area contributed by atoms with E-state index in [0.717, 1.165) is 25.7 Å². The van der Waals surface area contributed by atoms with Gasteiger partial charge in [0.2, 0.25) is 0 Å². The minimum Gasteiger partial charge on any atom is -0.303 e. The van der Waals surface area contributed by atoms with Gasteiger partial charge in [-0.2, -0.15) is 5.26 Å². The predicted octanol–water partition coefficient (Wildman–Crippen LogP) is 2.53. The van der Waals surface area contributed by atoms with Crippen LogP contribution in [0.15, 0.2) is 0 Å². The summed E-state index contributed by atoms with van der Waals surface area (Å²) in [6.45, 7) is 3.45. The van der Waals surface area contributed by atoms with Gasteiger partial charge in [0.1, 0.15) is 5.54 Å². The van der Waals surface area contributed by atoms with Gasteiger partial charge in [0.25, 0.3) is 0 Å². The zero-order chi connectivity index (χ0) is 12.7. The molecular formula is C14H27N3. The maximum absolute atomic E-state index is 9.21. The first kappa shape index (κ1) is 14.5. The number of hydrogen-bond acceptors (Lipinski definition) is 3. The second-order valence-corrected chi connectivity index (χ2v) is 5.36. The van der Waals surface area contributed by atoms with E-state index in [1.165, 1.54) is 25.8 Å². The number of nitrogens with zero attached hydrogens (tertiary/aromatic N) is 2. The molecule has 1 rings (SSSR count). The van der Waals surface area contributed by atoms with Gasteiger partial charge in [-0.25, -0.2) is 0 Å². The monoisotopic (exact) mass is 237 g/mol. The van der Waals surface area contributed by atoms with Crippen LogP contribution in [-0.4, -0.2) is 37.1 Å². The van der Waals surface area contributed by atoms with E-state index in [2.05, 4.69) is 30.3 Å². The zero-order valence-electron chi connectivity index (χ0n) is 11.6. The Labute approximate surface area is 106 Å². The van der Waals surface area contributed by atoms with E-state index in [1.807, 2.05) is 7.05 Å². The van der Waals surface area contributed by atoms with Crippen LogP contribution >= 0.6 is 0 Å². The molecule has 0 radical (unpaired) electrons. The Morgan fingerprint density at radius 1 is 1.35 bits per heavy atom. The summed E-state index contributed by atoms with van der Waals surface area (Å²) in [7, 11) is 4.15. The standard InChI is InChI=1S/C14H27N3/c1-4-5-6-11-17(3)13-7-9-14(12-15,16-2)10-8-13/h13,16H,4-11H2,1-3H3. The summed E-state index contributed by atoms with van der Waals surface area (Å²) in [5.41, 5.74) is -0.249. The molecule has 0 aromatic rings. The first-order chi connectivity index (χ1) is 8.17. The highest BCUT2D eigenvalue weighted by molar-refractivity contribution is 5.09. The topological polar surface area (TPSA) is 39.1 Å². The van der Waals surface area contributed by atoms with Crippen molar-refractivity contribution in [2.75, 3.05) is 20.6 Å². The molecule has 1 N–H and O–H groups in total. The summed E-state index contributed by atoms with van der Waals surface area (Å²) in [6, 6.07) is 3.13. The van der Waals surface area contributed by atoms with Crippen LogP contribution in [0.3, 0.4) is 0 Å². The highest BCUT2D eigenvalue weighted by atomic mass is 15.1. The third-order valence-electron chi connectivity index (χ3n) is 4.24. The van der Waals surface area contributed by atoms with Crippen molar-refractivity contribution in [1.82, 2.24) is 10.2 Å². The molecule has 3 nitrogen and oxygen atoms in total. The van der Waals surface area contributed by atoms with Gasteiger partial charge in [0, 0.05) is 6.04 Å². The van der Waals surface area contributed by atoms with Gasteiger partial charge in [0.15, 0.2) is 0 Å². The van der Waals surface area contributed by atoms with E-state index in [4.69, 9.17) is 0 Å². The molecule has 98 valence electrons. The Hall–Kier alpha value is -0.590. The first-order valence-electron chi connectivity index (χ1n) is 6.98. The predicted molar refractivity (Wildman–Crippen MR) is 71.8 cm³/mol. The fourth-order valence-corrected chi connectivity index (χ4v) is 2.75. The number of unbranched alkanes of at least 4 members (excludes halogenated alkanes) is 2. The zero-order valence-corrected chi connectivity index (χ0v) is 11.6. The molecule has 0 amide bonds. The third-order valence-corrected chi connectivity index (χ3v) is 4.24. The van der Waals surface area contributed by atoms with Gasteiger partial charge in [0.05, 0.1) is 6.07 Å². The lowest BCUT2D eigenvalue weighted by Gasteiger charge is -2.38. The van der Waals surface area contributed by atoms with Crippen molar-refractivity contribution in [3.63, 3.8) is 0 Å². The van der Waals surface area contributed by atoms with Gasteiger partial charge in [-0.05, 0) is 52.7 Å². The van der Waals surface area contributed by atoms with Crippen molar-refractivity contribution in [3.8, 4) is 6.07 Å². The summed E-state index contributed by atoms with van der Waals surface area (Å²) < 4.78 is 0. The summed E-state index contributed by atoms with van der Waals surface area (Å²) in [4.78, 5) is 2.49. The van der Waals surface area contributed by atoms with Gasteiger partial charge in [-0.3, -0.25) is 0 Å². The quantitative estimate of drug-likeness (QED) is 0.722. The molecule has 0 saturated heterocycles. The smallest absolute Gasteiger partial charge is 0.106 e. The molecule has 1 aliphatic rings. The van der Waals surface area contributed by atoms with E-state index in [0.29, 0.717) is 6.04 Å². The van der Waals surface area contributed by atoms with E-state index in [1.54, 1.807) is 0 Å². The largest absolute Gasteiger partial charge is 0.303 e. The Morgan fingerprint density at radius 3 is 2.47 bits per heavy atom. The number of rotatable bonds is 6. The fourth-order valence-electron chi connectivity index (χ4n) is 2.75. The summed E-state index contributed by atoms with van der Waals surface area (Å²) in [6.07, 6.45) is 8.20. The highest BCUT2D eigenvalue weighted by Gasteiger charge is 2.34. The minimum absolute atomic E-state index is 0.249. The Kier molecular flexibility index (Phi) is 5.94. The van der Waals surface area contributed by atoms with Crippen LogP contribution in [0, 0.1) is 11.3 Å². The van der Waals surface area contributed by atoms with E-state index >= 15 is 0 Å². The second kappa shape index (κ2) is 6.98. The summed E-state index contributed by atoms with van der Waals surface area (Å²) in [5, 5.41) is 12.4. The van der Waals surface area contributed by atoms with E-state index in [9.17, 15) is 5.26 Å². The highest BCUT2D eigenvalue weighted by Crippen LogP contribution is 2.29. The molecule has 0 spiro atoms. The normalized spacial score (nSPS) is 29.2. The van der Waals surface area contributed by atoms with Crippen LogP contribution < -0.4 is 5.32 Å². The van der Waals surface area contributed by atoms with Crippen LogP contribution in [0.1, 0.15) is 51.9 Å². The molecule has 1 fully saturated rings. The van der Waals surface area contributed by atoms with Gasteiger partial charge >= 0.3 is 0 Å². The number of nitrogens with one attached hydrogen (secondary N) is 1. The third kappa shape index (κ3) is 3.97. The lowest BCUT2D eigenvalue weighted by Crippen LogP contribution is -2.48. The molecule has 0 aliphatic heterocycles. The summed E-state index contributed by atoms with van der Waals surface area (Å²) >= 11 is 0. The average Bonchev–Trinajstić information content (AvgIpc) is 2.39. The van der Waals surface area contributed by atoms with Crippen LogP contribution in [0.25, 0.3) is 0 Å². The SMILES string of the molecule is CCCCCN(C)C1CCC(C#N)(NC)CC1. The van der Waals surface area contributed by atoms with Crippen molar-refractivity contribution in [2.24, 2.45) is 0 Å². The lowest BCUT2D eigenvalue weighted by atomic mass is 9.80. The van der Waals surface area contributed by atoms with Crippen LogP contribution in [-0.2, 0) is 0 Å². The Bertz CT molecular complexity index is 249. The Morgan fingerprint density at radius 2 is 2.00 bits per heavy atom. The second-order valence-electron chi connectivity index (χ2n) is 5.36. The van der Waals surface area contributed by atoms with E-state index < -0.39 is 0 Å².